The number of halogens is 1. The lowest BCUT2D eigenvalue weighted by atomic mass is 10.2. The number of carbonyl (C=O) groups excluding carboxylic acids is 1. The minimum atomic E-state index is -0.422. The highest BCUT2D eigenvalue weighted by atomic mass is 19.1. The molecule has 0 atom stereocenters. The zero-order valence-electron chi connectivity index (χ0n) is 12.2. The Labute approximate surface area is 132 Å². The van der Waals surface area contributed by atoms with Crippen molar-refractivity contribution in [2.75, 3.05) is 0 Å². The van der Waals surface area contributed by atoms with Crippen LogP contribution in [-0.2, 0) is 17.9 Å². The summed E-state index contributed by atoms with van der Waals surface area (Å²) in [5.74, 6) is -0.714. The van der Waals surface area contributed by atoms with Crippen molar-refractivity contribution in [3.63, 3.8) is 0 Å². The fourth-order valence-corrected chi connectivity index (χ4v) is 2.08. The average Bonchev–Trinajstić information content (AvgIpc) is 3.03. The third kappa shape index (κ3) is 3.79. The zero-order chi connectivity index (χ0) is 16.1. The fourth-order valence-electron chi connectivity index (χ4n) is 2.08. The second kappa shape index (κ2) is 6.83. The van der Waals surface area contributed by atoms with Gasteiger partial charge in [0.25, 0.3) is 0 Å². The third-order valence-electron chi connectivity index (χ3n) is 3.24. The molecule has 0 radical (unpaired) electrons. The van der Waals surface area contributed by atoms with Crippen LogP contribution in [0, 0.1) is 5.82 Å². The Balaban J connectivity index is 1.60. The summed E-state index contributed by atoms with van der Waals surface area (Å²) < 4.78 is 20.3. The molecule has 0 aliphatic heterocycles. The molecule has 116 valence electrons. The van der Waals surface area contributed by atoms with E-state index in [9.17, 15) is 9.18 Å². The summed E-state index contributed by atoms with van der Waals surface area (Å²) in [6.07, 6.45) is 1.63. The quantitative estimate of drug-likeness (QED) is 0.680. The van der Waals surface area contributed by atoms with Gasteiger partial charge in [-0.3, -0.25) is 0 Å². The van der Waals surface area contributed by atoms with E-state index in [1.54, 1.807) is 48.7 Å². The monoisotopic (exact) mass is 311 g/mol. The molecule has 0 aliphatic rings. The maximum absolute atomic E-state index is 13.6. The number of carbonyl (C=O) groups is 1. The van der Waals surface area contributed by atoms with Gasteiger partial charge in [-0.05, 0) is 18.2 Å². The Bertz CT molecular complexity index is 802. The van der Waals surface area contributed by atoms with Gasteiger partial charge < -0.3 is 4.74 Å². The normalized spacial score (nSPS) is 10.5. The van der Waals surface area contributed by atoms with Crippen LogP contribution in [-0.4, -0.2) is 21.0 Å². The Hall–Kier alpha value is -3.02. The van der Waals surface area contributed by atoms with Crippen molar-refractivity contribution in [1.82, 2.24) is 15.0 Å². The van der Waals surface area contributed by atoms with Gasteiger partial charge in [0.15, 0.2) is 0 Å². The first-order chi connectivity index (χ1) is 11.2. The van der Waals surface area contributed by atoms with E-state index in [1.807, 2.05) is 6.07 Å². The van der Waals surface area contributed by atoms with Crippen molar-refractivity contribution >= 4 is 5.97 Å². The number of hydrogen-bond acceptors (Lipinski definition) is 4. The molecule has 5 nitrogen and oxygen atoms in total. The minimum Gasteiger partial charge on any atom is -0.455 e. The van der Waals surface area contributed by atoms with Crippen LogP contribution < -0.4 is 0 Å². The Morgan fingerprint density at radius 3 is 2.61 bits per heavy atom. The van der Waals surface area contributed by atoms with Crippen molar-refractivity contribution < 1.29 is 13.9 Å². The number of benzene rings is 2. The number of hydrogen-bond donors (Lipinski definition) is 0. The molecule has 0 amide bonds. The highest BCUT2D eigenvalue weighted by Crippen LogP contribution is 2.09. The van der Waals surface area contributed by atoms with Crippen molar-refractivity contribution in [2.45, 2.75) is 13.2 Å². The molecule has 1 heterocycles. The Morgan fingerprint density at radius 2 is 1.83 bits per heavy atom. The van der Waals surface area contributed by atoms with Crippen LogP contribution in [0.1, 0.15) is 21.6 Å². The van der Waals surface area contributed by atoms with Crippen molar-refractivity contribution in [2.24, 2.45) is 0 Å². The van der Waals surface area contributed by atoms with Crippen LogP contribution in [0.5, 0.6) is 0 Å². The molecule has 3 aromatic rings. The summed E-state index contributed by atoms with van der Waals surface area (Å²) in [6, 6.07) is 15.2. The summed E-state index contributed by atoms with van der Waals surface area (Å²) in [7, 11) is 0. The first kappa shape index (κ1) is 14.9. The van der Waals surface area contributed by atoms with Gasteiger partial charge in [-0.2, -0.15) is 0 Å². The molecule has 0 bridgehead atoms. The minimum absolute atomic E-state index is 0.0188. The molecule has 0 unspecified atom stereocenters. The second-order valence-electron chi connectivity index (χ2n) is 4.94. The Morgan fingerprint density at radius 1 is 1.09 bits per heavy atom. The number of esters is 1. The summed E-state index contributed by atoms with van der Waals surface area (Å²) in [4.78, 5) is 11.8. The summed E-state index contributed by atoms with van der Waals surface area (Å²) in [5, 5.41) is 7.83. The van der Waals surface area contributed by atoms with Crippen LogP contribution in [0.15, 0.2) is 60.8 Å². The van der Waals surface area contributed by atoms with E-state index in [1.165, 1.54) is 10.7 Å². The summed E-state index contributed by atoms with van der Waals surface area (Å²) in [6.45, 7) is 0.289. The highest BCUT2D eigenvalue weighted by Gasteiger charge is 2.09. The van der Waals surface area contributed by atoms with Gasteiger partial charge >= 0.3 is 5.97 Å². The van der Waals surface area contributed by atoms with E-state index in [0.717, 1.165) is 0 Å². The predicted molar refractivity (Wildman–Crippen MR) is 81.1 cm³/mol. The number of aromatic nitrogens is 3. The molecule has 0 saturated carbocycles. The number of nitrogens with zero attached hydrogens (tertiary/aromatic N) is 3. The van der Waals surface area contributed by atoms with Gasteiger partial charge in [-0.25, -0.2) is 13.9 Å². The second-order valence-corrected chi connectivity index (χ2v) is 4.94. The topological polar surface area (TPSA) is 57.0 Å². The maximum Gasteiger partial charge on any atom is 0.338 e. The van der Waals surface area contributed by atoms with Gasteiger partial charge in [-0.1, -0.05) is 41.6 Å². The molecule has 23 heavy (non-hydrogen) atoms. The van der Waals surface area contributed by atoms with Gasteiger partial charge in [-0.15, -0.1) is 5.10 Å². The fraction of sp³-hybridized carbons (Fsp3) is 0.118. The molecule has 0 fully saturated rings. The van der Waals surface area contributed by atoms with Crippen LogP contribution in [0.3, 0.4) is 0 Å². The van der Waals surface area contributed by atoms with Crippen LogP contribution in [0.25, 0.3) is 0 Å². The first-order valence-electron chi connectivity index (χ1n) is 7.07. The number of rotatable bonds is 5. The zero-order valence-corrected chi connectivity index (χ0v) is 12.2. The molecule has 0 spiro atoms. The highest BCUT2D eigenvalue weighted by molar-refractivity contribution is 5.89. The molecule has 1 aromatic heterocycles. The standard InChI is InChI=1S/C17H14FN3O2/c18-16-9-5-4-8-14(16)10-21-11-15(19-20-21)12-23-17(22)13-6-2-1-3-7-13/h1-9,11H,10,12H2. The molecular formula is C17H14FN3O2. The first-order valence-corrected chi connectivity index (χ1v) is 7.07. The number of ether oxygens (including phenoxy) is 1. The van der Waals surface area contributed by atoms with E-state index in [-0.39, 0.29) is 19.0 Å². The third-order valence-corrected chi connectivity index (χ3v) is 3.24. The van der Waals surface area contributed by atoms with Crippen molar-refractivity contribution in [1.29, 1.82) is 0 Å². The van der Waals surface area contributed by atoms with Gasteiger partial charge in [0, 0.05) is 5.56 Å². The van der Waals surface area contributed by atoms with Gasteiger partial charge in [0.2, 0.25) is 0 Å². The van der Waals surface area contributed by atoms with Crippen molar-refractivity contribution in [3.05, 3.63) is 83.4 Å². The molecule has 0 saturated heterocycles. The van der Waals surface area contributed by atoms with Crippen LogP contribution in [0.2, 0.25) is 0 Å². The van der Waals surface area contributed by atoms with E-state index >= 15 is 0 Å². The smallest absolute Gasteiger partial charge is 0.338 e. The summed E-state index contributed by atoms with van der Waals surface area (Å²) >= 11 is 0. The average molecular weight is 311 g/mol. The molecule has 0 aliphatic carbocycles. The van der Waals surface area contributed by atoms with E-state index < -0.39 is 5.97 Å². The van der Waals surface area contributed by atoms with Crippen molar-refractivity contribution in [3.8, 4) is 0 Å². The van der Waals surface area contributed by atoms with Crippen LogP contribution in [0.4, 0.5) is 4.39 Å². The van der Waals surface area contributed by atoms with E-state index in [0.29, 0.717) is 16.8 Å². The largest absolute Gasteiger partial charge is 0.455 e. The molecule has 6 heteroatoms. The lowest BCUT2D eigenvalue weighted by Gasteiger charge is -2.02. The molecule has 2 aromatic carbocycles. The van der Waals surface area contributed by atoms with Gasteiger partial charge in [0.05, 0.1) is 18.3 Å². The molecule has 0 N–H and O–H groups in total. The van der Waals surface area contributed by atoms with Gasteiger partial charge in [0.1, 0.15) is 18.1 Å². The predicted octanol–water partition coefficient (Wildman–Crippen LogP) is 2.82. The van der Waals surface area contributed by atoms with E-state index in [2.05, 4.69) is 10.3 Å². The molecule has 3 rings (SSSR count). The summed E-state index contributed by atoms with van der Waals surface area (Å²) in [5.41, 5.74) is 1.50. The van der Waals surface area contributed by atoms with E-state index in [4.69, 9.17) is 4.74 Å². The lowest BCUT2D eigenvalue weighted by molar-refractivity contribution is 0.0467. The van der Waals surface area contributed by atoms with Crippen LogP contribution >= 0.6 is 0 Å². The Kier molecular flexibility index (Phi) is 4.42. The lowest BCUT2D eigenvalue weighted by Crippen LogP contribution is -2.05. The SMILES string of the molecule is O=C(OCc1cn(Cc2ccccc2F)nn1)c1ccccc1. The molecular weight excluding hydrogens is 297 g/mol. The maximum atomic E-state index is 13.6.